The molecule has 0 saturated heterocycles. The fraction of sp³-hybridized carbons (Fsp3) is 0.333. The van der Waals surface area contributed by atoms with Gasteiger partial charge in [-0.25, -0.2) is 0 Å². The average Bonchev–Trinajstić information content (AvgIpc) is 2.68. The van der Waals surface area contributed by atoms with Crippen molar-refractivity contribution >= 4 is 22.6 Å². The molecule has 0 aliphatic heterocycles. The normalized spacial score (nSPS) is 10.8. The van der Waals surface area contributed by atoms with Crippen LogP contribution in [-0.4, -0.2) is 14.3 Å². The molecule has 2 aromatic rings. The van der Waals surface area contributed by atoms with E-state index in [4.69, 9.17) is 0 Å². The molecule has 0 bridgehead atoms. The number of rotatable bonds is 3. The van der Waals surface area contributed by atoms with E-state index in [0.29, 0.717) is 6.54 Å². The zero-order valence-electron chi connectivity index (χ0n) is 9.85. The second kappa shape index (κ2) is 5.03. The van der Waals surface area contributed by atoms with Crippen LogP contribution < -0.4 is 5.56 Å². The molecular formula is C12H14IN3O. The number of nitrogens with zero attached hydrogens (tertiary/aromatic N) is 3. The third-order valence-corrected chi connectivity index (χ3v) is 3.93. The lowest BCUT2D eigenvalue weighted by molar-refractivity contribution is 0.620. The van der Waals surface area contributed by atoms with E-state index in [1.165, 1.54) is 0 Å². The Morgan fingerprint density at radius 1 is 1.47 bits per heavy atom. The van der Waals surface area contributed by atoms with Gasteiger partial charge in [0.25, 0.3) is 5.56 Å². The van der Waals surface area contributed by atoms with Gasteiger partial charge in [0.15, 0.2) is 0 Å². The first kappa shape index (κ1) is 12.3. The van der Waals surface area contributed by atoms with E-state index in [9.17, 15) is 4.79 Å². The van der Waals surface area contributed by atoms with Crippen molar-refractivity contribution in [3.05, 3.63) is 49.7 Å². The molecule has 5 heteroatoms. The molecule has 2 aromatic heterocycles. The predicted molar refractivity (Wildman–Crippen MR) is 75.1 cm³/mol. The SMILES string of the molecule is Cc1cc(=O)n(CCc2ccnn2C)cc1I. The molecule has 0 N–H and O–H groups in total. The van der Waals surface area contributed by atoms with E-state index in [2.05, 4.69) is 27.7 Å². The van der Waals surface area contributed by atoms with Gasteiger partial charge in [-0.05, 0) is 41.1 Å². The molecule has 0 aliphatic rings. The van der Waals surface area contributed by atoms with Crippen molar-refractivity contribution in [3.8, 4) is 0 Å². The first-order valence-corrected chi connectivity index (χ1v) is 6.49. The number of pyridine rings is 1. The Morgan fingerprint density at radius 3 is 2.88 bits per heavy atom. The van der Waals surface area contributed by atoms with Crippen LogP contribution in [0, 0.1) is 10.5 Å². The second-order valence-corrected chi connectivity index (χ2v) is 5.19. The molecule has 0 aromatic carbocycles. The number of halogens is 1. The van der Waals surface area contributed by atoms with Crippen molar-refractivity contribution in [2.75, 3.05) is 0 Å². The van der Waals surface area contributed by atoms with Gasteiger partial charge in [-0.2, -0.15) is 5.10 Å². The lowest BCUT2D eigenvalue weighted by atomic mass is 10.2. The highest BCUT2D eigenvalue weighted by Gasteiger charge is 2.03. The van der Waals surface area contributed by atoms with Gasteiger partial charge in [-0.15, -0.1) is 0 Å². The molecule has 0 amide bonds. The van der Waals surface area contributed by atoms with Crippen LogP contribution in [0.4, 0.5) is 0 Å². The Hall–Kier alpha value is -1.11. The fourth-order valence-electron chi connectivity index (χ4n) is 1.70. The van der Waals surface area contributed by atoms with Crippen LogP contribution in [-0.2, 0) is 20.0 Å². The topological polar surface area (TPSA) is 39.8 Å². The lowest BCUT2D eigenvalue weighted by Gasteiger charge is -2.07. The summed E-state index contributed by atoms with van der Waals surface area (Å²) in [6.07, 6.45) is 4.50. The van der Waals surface area contributed by atoms with E-state index in [1.54, 1.807) is 16.8 Å². The zero-order chi connectivity index (χ0) is 12.4. The Kier molecular flexibility index (Phi) is 3.66. The van der Waals surface area contributed by atoms with Gasteiger partial charge in [0.2, 0.25) is 0 Å². The summed E-state index contributed by atoms with van der Waals surface area (Å²) in [7, 11) is 1.91. The molecule has 2 rings (SSSR count). The second-order valence-electron chi connectivity index (χ2n) is 4.03. The highest BCUT2D eigenvalue weighted by Crippen LogP contribution is 2.08. The largest absolute Gasteiger partial charge is 0.314 e. The quantitative estimate of drug-likeness (QED) is 0.797. The minimum atomic E-state index is 0.0603. The summed E-state index contributed by atoms with van der Waals surface area (Å²) in [6.45, 7) is 2.64. The van der Waals surface area contributed by atoms with Gasteiger partial charge in [-0.3, -0.25) is 9.48 Å². The Balaban J connectivity index is 2.17. The summed E-state index contributed by atoms with van der Waals surface area (Å²) in [5, 5.41) is 4.11. The number of hydrogen-bond donors (Lipinski definition) is 0. The summed E-state index contributed by atoms with van der Waals surface area (Å²) in [4.78, 5) is 11.8. The molecule has 0 unspecified atom stereocenters. The highest BCUT2D eigenvalue weighted by atomic mass is 127. The fourth-order valence-corrected chi connectivity index (χ4v) is 2.19. The van der Waals surface area contributed by atoms with Gasteiger partial charge in [0.05, 0.1) is 0 Å². The Morgan fingerprint density at radius 2 is 2.24 bits per heavy atom. The van der Waals surface area contributed by atoms with Crippen LogP contribution in [0.1, 0.15) is 11.3 Å². The van der Waals surface area contributed by atoms with Crippen LogP contribution in [0.2, 0.25) is 0 Å². The van der Waals surface area contributed by atoms with Crippen molar-refractivity contribution in [1.29, 1.82) is 0 Å². The van der Waals surface area contributed by atoms with E-state index in [1.807, 2.05) is 30.9 Å². The maximum Gasteiger partial charge on any atom is 0.250 e. The summed E-state index contributed by atoms with van der Waals surface area (Å²) >= 11 is 2.25. The van der Waals surface area contributed by atoms with E-state index >= 15 is 0 Å². The van der Waals surface area contributed by atoms with Crippen molar-refractivity contribution in [3.63, 3.8) is 0 Å². The molecule has 0 saturated carbocycles. The summed E-state index contributed by atoms with van der Waals surface area (Å²) in [5.74, 6) is 0. The molecule has 0 aliphatic carbocycles. The van der Waals surface area contributed by atoms with Crippen LogP contribution in [0.5, 0.6) is 0 Å². The maximum absolute atomic E-state index is 11.8. The van der Waals surface area contributed by atoms with Gasteiger partial charge < -0.3 is 4.57 Å². The molecule has 90 valence electrons. The third kappa shape index (κ3) is 2.77. The minimum Gasteiger partial charge on any atom is -0.314 e. The van der Waals surface area contributed by atoms with Gasteiger partial charge >= 0.3 is 0 Å². The van der Waals surface area contributed by atoms with Gasteiger partial charge in [-0.1, -0.05) is 0 Å². The third-order valence-electron chi connectivity index (χ3n) is 2.80. The van der Waals surface area contributed by atoms with Crippen LogP contribution in [0.15, 0.2) is 29.3 Å². The summed E-state index contributed by atoms with van der Waals surface area (Å²) < 4.78 is 4.71. The molecule has 4 nitrogen and oxygen atoms in total. The van der Waals surface area contributed by atoms with Crippen LogP contribution >= 0.6 is 22.6 Å². The standard InChI is InChI=1S/C12H14IN3O/c1-9-7-12(17)16(8-11(9)13)6-4-10-3-5-14-15(10)2/h3,5,7-8H,4,6H2,1-2H3. The first-order valence-electron chi connectivity index (χ1n) is 5.41. The molecule has 0 radical (unpaired) electrons. The lowest BCUT2D eigenvalue weighted by Crippen LogP contribution is -2.21. The molecule has 2 heterocycles. The summed E-state index contributed by atoms with van der Waals surface area (Å²) in [6, 6.07) is 3.66. The molecular weight excluding hydrogens is 329 g/mol. The Labute approximate surface area is 113 Å². The van der Waals surface area contributed by atoms with Crippen molar-refractivity contribution in [2.24, 2.45) is 7.05 Å². The van der Waals surface area contributed by atoms with E-state index in [-0.39, 0.29) is 5.56 Å². The average molecular weight is 343 g/mol. The Bertz CT molecular complexity index is 586. The van der Waals surface area contributed by atoms with Gasteiger partial charge in [0, 0.05) is 47.7 Å². The van der Waals surface area contributed by atoms with Crippen LogP contribution in [0.25, 0.3) is 0 Å². The monoisotopic (exact) mass is 343 g/mol. The van der Waals surface area contributed by atoms with Crippen molar-refractivity contribution < 1.29 is 0 Å². The van der Waals surface area contributed by atoms with Gasteiger partial charge in [0.1, 0.15) is 0 Å². The molecule has 0 atom stereocenters. The molecule has 0 fully saturated rings. The number of aromatic nitrogens is 3. The first-order chi connectivity index (χ1) is 8.08. The zero-order valence-corrected chi connectivity index (χ0v) is 12.0. The number of hydrogen-bond acceptors (Lipinski definition) is 2. The molecule has 0 spiro atoms. The smallest absolute Gasteiger partial charge is 0.250 e. The molecule has 17 heavy (non-hydrogen) atoms. The summed E-state index contributed by atoms with van der Waals surface area (Å²) in [5.41, 5.74) is 2.23. The predicted octanol–water partition coefficient (Wildman–Crippen LogP) is 1.74. The van der Waals surface area contributed by atoms with Crippen LogP contribution in [0.3, 0.4) is 0 Å². The maximum atomic E-state index is 11.8. The van der Waals surface area contributed by atoms with Crippen molar-refractivity contribution in [1.82, 2.24) is 14.3 Å². The van der Waals surface area contributed by atoms with E-state index < -0.39 is 0 Å². The highest BCUT2D eigenvalue weighted by molar-refractivity contribution is 14.1. The van der Waals surface area contributed by atoms with E-state index in [0.717, 1.165) is 21.2 Å². The number of aryl methyl sites for hydroxylation is 4. The van der Waals surface area contributed by atoms with Crippen molar-refractivity contribution in [2.45, 2.75) is 19.9 Å². The minimum absolute atomic E-state index is 0.0603.